The maximum Gasteiger partial charge on any atom is 0.257 e. The Balaban J connectivity index is 2.17. The molecule has 0 spiro atoms. The lowest BCUT2D eigenvalue weighted by atomic mass is 9.71. The van der Waals surface area contributed by atoms with Crippen molar-refractivity contribution in [1.82, 2.24) is 19.9 Å². The third kappa shape index (κ3) is 6.26. The molecule has 11 nitrogen and oxygen atoms in total. The molecule has 2 atom stereocenters. The summed E-state index contributed by atoms with van der Waals surface area (Å²) in [4.78, 5) is 17.6. The second kappa shape index (κ2) is 13.1. The van der Waals surface area contributed by atoms with E-state index in [9.17, 15) is 10.4 Å². The van der Waals surface area contributed by atoms with Crippen LogP contribution < -0.4 is 23.8 Å². The van der Waals surface area contributed by atoms with Gasteiger partial charge < -0.3 is 33.9 Å². The van der Waals surface area contributed by atoms with Crippen molar-refractivity contribution in [2.45, 2.75) is 17.9 Å². The van der Waals surface area contributed by atoms with E-state index in [0.717, 1.165) is 5.39 Å². The molecule has 3 aromatic heterocycles. The highest BCUT2D eigenvalue weighted by Crippen LogP contribution is 2.51. The lowest BCUT2D eigenvalue weighted by molar-refractivity contribution is 0.00289. The number of anilines is 1. The zero-order chi connectivity index (χ0) is 31.3. The lowest BCUT2D eigenvalue weighted by Crippen LogP contribution is -2.38. The first-order valence-electron chi connectivity index (χ1n) is 13.7. The molecular weight excluding hydrogens is 548 g/mol. The highest BCUT2D eigenvalue weighted by molar-refractivity contribution is 5.82. The van der Waals surface area contributed by atoms with Crippen LogP contribution in [0, 0.1) is 11.3 Å². The van der Waals surface area contributed by atoms with E-state index in [1.54, 1.807) is 50.7 Å². The van der Waals surface area contributed by atoms with E-state index in [0.29, 0.717) is 57.6 Å². The molecule has 0 saturated heterocycles. The predicted octanol–water partition coefficient (Wildman–Crippen LogP) is 3.97. The molecule has 0 radical (unpaired) electrons. The summed E-state index contributed by atoms with van der Waals surface area (Å²) in [6, 6.07) is 14.8. The van der Waals surface area contributed by atoms with Gasteiger partial charge in [-0.3, -0.25) is 0 Å². The van der Waals surface area contributed by atoms with Gasteiger partial charge in [-0.1, -0.05) is 0 Å². The van der Waals surface area contributed by atoms with Crippen LogP contribution in [0.4, 0.5) is 5.82 Å². The molecule has 4 aromatic rings. The molecule has 11 heteroatoms. The maximum atomic E-state index is 13.2. The molecule has 3 heterocycles. The molecule has 4 rings (SSSR count). The average Bonchev–Trinajstić information content (AvgIpc) is 3.02. The molecule has 43 heavy (non-hydrogen) atoms. The van der Waals surface area contributed by atoms with Crippen molar-refractivity contribution >= 4 is 16.7 Å². The third-order valence-corrected chi connectivity index (χ3v) is 7.42. The minimum Gasteiger partial charge on any atom is -0.491 e. The number of hydrogen-bond donors (Lipinski definition) is 1. The van der Waals surface area contributed by atoms with Crippen molar-refractivity contribution in [3.63, 3.8) is 0 Å². The van der Waals surface area contributed by atoms with Gasteiger partial charge in [0.15, 0.2) is 5.75 Å². The molecule has 0 aliphatic rings. The number of nitriles is 1. The van der Waals surface area contributed by atoms with Crippen LogP contribution in [0.5, 0.6) is 23.4 Å². The van der Waals surface area contributed by atoms with Gasteiger partial charge in [0.1, 0.15) is 11.4 Å². The highest BCUT2D eigenvalue weighted by atomic mass is 16.5. The Kier molecular flexibility index (Phi) is 9.53. The molecular formula is C32H38N6O5. The van der Waals surface area contributed by atoms with Crippen molar-refractivity contribution in [3.05, 3.63) is 70.9 Å². The van der Waals surface area contributed by atoms with Crippen LogP contribution in [0.25, 0.3) is 10.9 Å². The van der Waals surface area contributed by atoms with E-state index in [1.807, 2.05) is 50.1 Å². The molecule has 0 unspecified atom stereocenters. The van der Waals surface area contributed by atoms with Crippen LogP contribution in [0.1, 0.15) is 34.6 Å². The van der Waals surface area contributed by atoms with E-state index >= 15 is 0 Å². The summed E-state index contributed by atoms with van der Waals surface area (Å²) in [6.45, 7) is 0.529. The number of benzene rings is 1. The molecule has 1 aromatic carbocycles. The number of nitrogens with zero attached hydrogens (tertiary/aromatic N) is 6. The number of aromatic nitrogens is 3. The molecule has 0 saturated carbocycles. The average molecular weight is 587 g/mol. The van der Waals surface area contributed by atoms with Crippen LogP contribution >= 0.6 is 0 Å². The standard InChI is InChI=1S/C32H38N6O5/c1-37(2)14-12-32(39,22-17-26(38(3)4)36-27(18-22)40-5)28(23-11-13-34-31(43-8)29(23)41-6)24-16-21-15-20(19-33)9-10-25(21)35-30(24)42-7/h9-11,13,15-18,28,39H,12,14H2,1-8H3/t28-,32-/m1/s1. The van der Waals surface area contributed by atoms with Crippen LogP contribution in [-0.4, -0.2) is 88.1 Å². The summed E-state index contributed by atoms with van der Waals surface area (Å²) < 4.78 is 22.9. The van der Waals surface area contributed by atoms with Crippen molar-refractivity contribution in [3.8, 4) is 29.5 Å². The molecule has 0 fully saturated rings. The van der Waals surface area contributed by atoms with Gasteiger partial charge in [-0.2, -0.15) is 10.2 Å². The number of fused-ring (bicyclic) bond motifs is 1. The molecule has 1 N–H and O–H groups in total. The Morgan fingerprint density at radius 3 is 2.23 bits per heavy atom. The van der Waals surface area contributed by atoms with Gasteiger partial charge >= 0.3 is 0 Å². The summed E-state index contributed by atoms with van der Waals surface area (Å²) in [5.41, 5.74) is 1.30. The molecule has 0 amide bonds. The summed E-state index contributed by atoms with van der Waals surface area (Å²) in [5, 5.41) is 23.5. The summed E-state index contributed by atoms with van der Waals surface area (Å²) in [5.74, 6) is 1.08. The van der Waals surface area contributed by atoms with Crippen molar-refractivity contribution in [2.24, 2.45) is 0 Å². The molecule has 0 aliphatic carbocycles. The van der Waals surface area contributed by atoms with Gasteiger partial charge in [-0.25, -0.2) is 9.97 Å². The zero-order valence-corrected chi connectivity index (χ0v) is 25.9. The molecule has 226 valence electrons. The third-order valence-electron chi connectivity index (χ3n) is 7.42. The fourth-order valence-electron chi connectivity index (χ4n) is 5.24. The van der Waals surface area contributed by atoms with Gasteiger partial charge in [-0.15, -0.1) is 0 Å². The predicted molar refractivity (Wildman–Crippen MR) is 164 cm³/mol. The quantitative estimate of drug-likeness (QED) is 0.259. The Labute approximate surface area is 252 Å². The Morgan fingerprint density at radius 1 is 0.884 bits per heavy atom. The second-order valence-electron chi connectivity index (χ2n) is 10.6. The van der Waals surface area contributed by atoms with Crippen molar-refractivity contribution in [1.29, 1.82) is 5.26 Å². The molecule has 0 aliphatic heterocycles. The van der Waals surface area contributed by atoms with Crippen LogP contribution in [-0.2, 0) is 5.60 Å². The van der Waals surface area contributed by atoms with Gasteiger partial charge in [-0.05, 0) is 62.5 Å². The Bertz CT molecular complexity index is 1640. The second-order valence-corrected chi connectivity index (χ2v) is 10.6. The van der Waals surface area contributed by atoms with E-state index in [2.05, 4.69) is 16.0 Å². The monoisotopic (exact) mass is 586 g/mol. The van der Waals surface area contributed by atoms with Gasteiger partial charge in [0.2, 0.25) is 11.8 Å². The Hall–Kier alpha value is -4.66. The number of hydrogen-bond acceptors (Lipinski definition) is 11. The molecule has 0 bridgehead atoms. The summed E-state index contributed by atoms with van der Waals surface area (Å²) in [6.07, 6.45) is 1.90. The topological polar surface area (TPSA) is 126 Å². The maximum absolute atomic E-state index is 13.2. The lowest BCUT2D eigenvalue weighted by Gasteiger charge is -2.39. The van der Waals surface area contributed by atoms with Gasteiger partial charge in [0.05, 0.1) is 51.5 Å². The summed E-state index contributed by atoms with van der Waals surface area (Å²) in [7, 11) is 13.8. The number of methoxy groups -OCH3 is 4. The SMILES string of the molecule is COc1cc([C@](O)(CCN(C)C)[C@@H](c2cc3cc(C#N)ccc3nc2OC)c2ccnc(OC)c2OC)cc(N(C)C)n1. The Morgan fingerprint density at radius 2 is 1.63 bits per heavy atom. The van der Waals surface area contributed by atoms with E-state index in [4.69, 9.17) is 23.9 Å². The number of pyridine rings is 3. The number of rotatable bonds is 12. The first kappa shape index (κ1) is 31.3. The van der Waals surface area contributed by atoms with E-state index in [-0.39, 0.29) is 12.3 Å². The van der Waals surface area contributed by atoms with Crippen LogP contribution in [0.15, 0.2) is 48.7 Å². The number of ether oxygens (including phenoxy) is 4. The minimum atomic E-state index is -1.60. The van der Waals surface area contributed by atoms with Gasteiger partial charge in [0.25, 0.3) is 5.88 Å². The fraction of sp³-hybridized carbons (Fsp3) is 0.375. The number of aliphatic hydroxyl groups is 1. The summed E-state index contributed by atoms with van der Waals surface area (Å²) >= 11 is 0. The first-order chi connectivity index (χ1) is 20.6. The minimum absolute atomic E-state index is 0.265. The van der Waals surface area contributed by atoms with Crippen molar-refractivity contribution in [2.75, 3.05) is 68.1 Å². The fourth-order valence-corrected chi connectivity index (χ4v) is 5.24. The van der Waals surface area contributed by atoms with Gasteiger partial charge in [0, 0.05) is 49.4 Å². The highest BCUT2D eigenvalue weighted by Gasteiger charge is 2.45. The first-order valence-corrected chi connectivity index (χ1v) is 13.7. The van der Waals surface area contributed by atoms with Crippen LogP contribution in [0.2, 0.25) is 0 Å². The smallest absolute Gasteiger partial charge is 0.257 e. The van der Waals surface area contributed by atoms with E-state index < -0.39 is 11.5 Å². The van der Waals surface area contributed by atoms with E-state index in [1.165, 1.54) is 14.2 Å². The van der Waals surface area contributed by atoms with Crippen molar-refractivity contribution < 1.29 is 24.1 Å². The largest absolute Gasteiger partial charge is 0.491 e. The normalized spacial score (nSPS) is 13.2. The zero-order valence-electron chi connectivity index (χ0n) is 25.9. The van der Waals surface area contributed by atoms with Crippen LogP contribution in [0.3, 0.4) is 0 Å².